The van der Waals surface area contributed by atoms with Crippen LogP contribution in [-0.2, 0) is 16.6 Å². The molecule has 1 heterocycles. The summed E-state index contributed by atoms with van der Waals surface area (Å²) in [5, 5.41) is 15.4. The molecule has 3 aromatic rings. The van der Waals surface area contributed by atoms with Crippen molar-refractivity contribution >= 4 is 17.7 Å². The number of esters is 1. The fourth-order valence-corrected chi connectivity index (χ4v) is 3.68. The number of benzene rings is 2. The second-order valence-corrected chi connectivity index (χ2v) is 7.97. The number of pyridine rings is 1. The van der Waals surface area contributed by atoms with Crippen molar-refractivity contribution in [1.82, 2.24) is 9.88 Å². The zero-order valence-electron chi connectivity index (χ0n) is 20.1. The quantitative estimate of drug-likeness (QED) is 0.422. The van der Waals surface area contributed by atoms with Crippen LogP contribution in [0.2, 0.25) is 0 Å². The van der Waals surface area contributed by atoms with E-state index < -0.39 is 23.6 Å². The molecule has 0 aliphatic rings. The number of carbonyl (C=O) groups is 2. The zero-order chi connectivity index (χ0) is 25.5. The minimum atomic E-state index is -0.754. The molecule has 0 fully saturated rings. The summed E-state index contributed by atoms with van der Waals surface area (Å²) in [6.45, 7) is 3.52. The second kappa shape index (κ2) is 11.2. The summed E-state index contributed by atoms with van der Waals surface area (Å²) < 4.78 is 11.7. The van der Waals surface area contributed by atoms with Gasteiger partial charge in [0, 0.05) is 18.8 Å². The van der Waals surface area contributed by atoms with Crippen molar-refractivity contribution in [3.63, 3.8) is 0 Å². The predicted molar refractivity (Wildman–Crippen MR) is 133 cm³/mol. The summed E-state index contributed by atoms with van der Waals surface area (Å²) in [6, 6.07) is 13.4. The first-order chi connectivity index (χ1) is 16.7. The number of methoxy groups -OCH3 is 1. The van der Waals surface area contributed by atoms with Crippen molar-refractivity contribution < 1.29 is 24.2 Å². The Morgan fingerprint density at radius 1 is 1.11 bits per heavy atom. The van der Waals surface area contributed by atoms with Crippen LogP contribution in [0.15, 0.2) is 59.5 Å². The van der Waals surface area contributed by atoms with E-state index in [1.165, 1.54) is 17.8 Å². The lowest BCUT2D eigenvalue weighted by molar-refractivity contribution is -0.143. The average molecular weight is 480 g/mol. The smallest absolute Gasteiger partial charge is 0.319 e. The van der Waals surface area contributed by atoms with Gasteiger partial charge < -0.3 is 29.8 Å². The summed E-state index contributed by atoms with van der Waals surface area (Å²) in [7, 11) is 3.11. The SMILES string of the molecule is CCOC(=O)C[C@H](NC(=O)Nc1c(O)c(C)cn(C)c1=O)c1cccc(-c2cccc(OC)c2)c1. The summed E-state index contributed by atoms with van der Waals surface area (Å²) in [5.41, 5.74) is 2.04. The van der Waals surface area contributed by atoms with E-state index in [9.17, 15) is 19.5 Å². The summed E-state index contributed by atoms with van der Waals surface area (Å²) in [6.07, 6.45) is 1.34. The lowest BCUT2D eigenvalue weighted by atomic mass is 9.97. The largest absolute Gasteiger partial charge is 0.505 e. The Bertz CT molecular complexity index is 1280. The van der Waals surface area contributed by atoms with Crippen LogP contribution in [0.1, 0.15) is 30.5 Å². The van der Waals surface area contributed by atoms with E-state index in [0.29, 0.717) is 16.9 Å². The number of urea groups is 1. The standard InChI is InChI=1S/C26H29N3O6/c1-5-35-22(30)14-21(27-26(33)28-23-24(31)16(2)15-29(3)25(23)32)19-10-6-8-17(12-19)18-9-7-11-20(13-18)34-4/h6-13,15,21,31H,5,14H2,1-4H3,(H2,27,28,33)/t21-/m0/s1. The van der Waals surface area contributed by atoms with Gasteiger partial charge in [-0.3, -0.25) is 9.59 Å². The van der Waals surface area contributed by atoms with Gasteiger partial charge in [-0.05, 0) is 48.7 Å². The fraction of sp³-hybridized carbons (Fsp3) is 0.269. The van der Waals surface area contributed by atoms with Crippen molar-refractivity contribution in [2.24, 2.45) is 7.05 Å². The molecule has 0 bridgehead atoms. The van der Waals surface area contributed by atoms with Gasteiger partial charge in [-0.25, -0.2) is 4.79 Å². The van der Waals surface area contributed by atoms with E-state index in [0.717, 1.165) is 11.1 Å². The van der Waals surface area contributed by atoms with Gasteiger partial charge in [-0.15, -0.1) is 0 Å². The summed E-state index contributed by atoms with van der Waals surface area (Å²) in [5.74, 6) is -0.0999. The molecule has 3 rings (SSSR count). The van der Waals surface area contributed by atoms with E-state index in [1.807, 2.05) is 42.5 Å². The number of aromatic nitrogens is 1. The fourth-order valence-electron chi connectivity index (χ4n) is 3.68. The number of amides is 2. The van der Waals surface area contributed by atoms with Crippen LogP contribution in [0, 0.1) is 6.92 Å². The third kappa shape index (κ3) is 6.20. The molecule has 35 heavy (non-hydrogen) atoms. The molecule has 184 valence electrons. The monoisotopic (exact) mass is 479 g/mol. The van der Waals surface area contributed by atoms with Gasteiger partial charge in [0.25, 0.3) is 5.56 Å². The summed E-state index contributed by atoms with van der Waals surface area (Å²) >= 11 is 0. The molecule has 1 aromatic heterocycles. The molecule has 0 saturated carbocycles. The normalized spacial score (nSPS) is 11.4. The van der Waals surface area contributed by atoms with Gasteiger partial charge in [-0.2, -0.15) is 0 Å². The first kappa shape index (κ1) is 25.4. The molecule has 9 nitrogen and oxygen atoms in total. The highest BCUT2D eigenvalue weighted by Gasteiger charge is 2.22. The van der Waals surface area contributed by atoms with Crippen molar-refractivity contribution in [3.8, 4) is 22.6 Å². The van der Waals surface area contributed by atoms with E-state index in [1.54, 1.807) is 27.0 Å². The van der Waals surface area contributed by atoms with Crippen molar-refractivity contribution in [3.05, 3.63) is 76.2 Å². The van der Waals surface area contributed by atoms with Crippen molar-refractivity contribution in [1.29, 1.82) is 0 Å². The van der Waals surface area contributed by atoms with Crippen LogP contribution in [0.3, 0.4) is 0 Å². The number of aromatic hydroxyl groups is 1. The Morgan fingerprint density at radius 2 is 1.80 bits per heavy atom. The van der Waals surface area contributed by atoms with Gasteiger partial charge in [0.1, 0.15) is 11.5 Å². The molecule has 1 atom stereocenters. The molecule has 0 radical (unpaired) electrons. The number of rotatable bonds is 8. The van der Waals surface area contributed by atoms with Gasteiger partial charge in [0.15, 0.2) is 5.69 Å². The maximum absolute atomic E-state index is 12.9. The minimum Gasteiger partial charge on any atom is -0.505 e. The van der Waals surface area contributed by atoms with Crippen molar-refractivity contribution in [2.75, 3.05) is 19.0 Å². The maximum Gasteiger partial charge on any atom is 0.319 e. The third-order valence-electron chi connectivity index (χ3n) is 5.44. The molecule has 0 spiro atoms. The van der Waals surface area contributed by atoms with Crippen LogP contribution in [0.5, 0.6) is 11.5 Å². The van der Waals surface area contributed by atoms with Crippen molar-refractivity contribution in [2.45, 2.75) is 26.3 Å². The number of anilines is 1. The summed E-state index contributed by atoms with van der Waals surface area (Å²) in [4.78, 5) is 37.6. The highest BCUT2D eigenvalue weighted by atomic mass is 16.5. The Morgan fingerprint density at radius 3 is 2.49 bits per heavy atom. The van der Waals surface area contributed by atoms with E-state index in [2.05, 4.69) is 10.6 Å². The molecular weight excluding hydrogens is 450 g/mol. The van der Waals surface area contributed by atoms with Crippen LogP contribution >= 0.6 is 0 Å². The first-order valence-corrected chi connectivity index (χ1v) is 11.1. The van der Waals surface area contributed by atoms with Crippen LogP contribution in [-0.4, -0.2) is 35.4 Å². The van der Waals surface area contributed by atoms with E-state index >= 15 is 0 Å². The topological polar surface area (TPSA) is 119 Å². The number of hydrogen-bond donors (Lipinski definition) is 3. The molecule has 9 heteroatoms. The lowest BCUT2D eigenvalue weighted by Crippen LogP contribution is -2.36. The van der Waals surface area contributed by atoms with Crippen LogP contribution in [0.4, 0.5) is 10.5 Å². The number of hydrogen-bond acceptors (Lipinski definition) is 6. The highest BCUT2D eigenvalue weighted by molar-refractivity contribution is 5.91. The second-order valence-electron chi connectivity index (χ2n) is 7.97. The number of nitrogens with zero attached hydrogens (tertiary/aromatic N) is 1. The van der Waals surface area contributed by atoms with Gasteiger partial charge in [0.2, 0.25) is 0 Å². The van der Waals surface area contributed by atoms with Gasteiger partial charge in [-0.1, -0.05) is 30.3 Å². The molecule has 0 unspecified atom stereocenters. The Balaban J connectivity index is 1.91. The van der Waals surface area contributed by atoms with Gasteiger partial charge >= 0.3 is 12.0 Å². The zero-order valence-corrected chi connectivity index (χ0v) is 20.1. The Labute approximate surface area is 203 Å². The van der Waals surface area contributed by atoms with E-state index in [4.69, 9.17) is 9.47 Å². The van der Waals surface area contributed by atoms with Crippen LogP contribution in [0.25, 0.3) is 11.1 Å². The molecule has 0 saturated heterocycles. The maximum atomic E-state index is 12.9. The Hall–Kier alpha value is -4.27. The number of aryl methyl sites for hydroxylation is 2. The molecule has 3 N–H and O–H groups in total. The predicted octanol–water partition coefficient (Wildman–Crippen LogP) is 3.89. The van der Waals surface area contributed by atoms with Gasteiger partial charge in [0.05, 0.1) is 26.2 Å². The molecular formula is C26H29N3O6. The molecule has 2 aromatic carbocycles. The van der Waals surface area contributed by atoms with E-state index in [-0.39, 0.29) is 24.5 Å². The first-order valence-electron chi connectivity index (χ1n) is 11.1. The van der Waals surface area contributed by atoms with Crippen LogP contribution < -0.4 is 20.9 Å². The number of carbonyl (C=O) groups excluding carboxylic acids is 2. The third-order valence-corrected chi connectivity index (χ3v) is 5.44. The lowest BCUT2D eigenvalue weighted by Gasteiger charge is -2.20. The highest BCUT2D eigenvalue weighted by Crippen LogP contribution is 2.28. The number of nitrogens with one attached hydrogen (secondary N) is 2. The Kier molecular flexibility index (Phi) is 8.14. The average Bonchev–Trinajstić information content (AvgIpc) is 2.85. The minimum absolute atomic E-state index is 0.124. The number of ether oxygens (including phenoxy) is 2. The molecule has 0 aliphatic heterocycles. The molecule has 2 amide bonds. The molecule has 0 aliphatic carbocycles.